The SMILES string of the molecule is O=C(N/N=C/c1ccccc1OCc1ccc(Br)cc1)c1ccccc1Br. The number of carbonyl (C=O) groups excluding carboxylic acids is 1. The zero-order chi connectivity index (χ0) is 19.1. The normalized spacial score (nSPS) is 10.7. The van der Waals surface area contributed by atoms with Gasteiger partial charge in [0.25, 0.3) is 5.91 Å². The van der Waals surface area contributed by atoms with Crippen molar-refractivity contribution in [1.82, 2.24) is 5.43 Å². The zero-order valence-electron chi connectivity index (χ0n) is 14.2. The van der Waals surface area contributed by atoms with Crippen LogP contribution in [-0.2, 0) is 6.61 Å². The number of benzene rings is 3. The number of nitrogens with zero attached hydrogens (tertiary/aromatic N) is 1. The molecule has 6 heteroatoms. The number of para-hydroxylation sites is 1. The van der Waals surface area contributed by atoms with Gasteiger partial charge in [0.05, 0.1) is 11.8 Å². The number of ether oxygens (including phenoxy) is 1. The lowest BCUT2D eigenvalue weighted by molar-refractivity contribution is 0.0954. The standard InChI is InChI=1S/C21H16Br2N2O2/c22-17-11-9-15(10-12-17)14-27-20-8-4-1-5-16(20)13-24-25-21(26)18-6-2-3-7-19(18)23/h1-13H,14H2,(H,25,26)/b24-13+. The molecule has 0 radical (unpaired) electrons. The highest BCUT2D eigenvalue weighted by Crippen LogP contribution is 2.19. The molecule has 0 fully saturated rings. The van der Waals surface area contributed by atoms with Crippen molar-refractivity contribution in [2.75, 3.05) is 0 Å². The molecule has 0 saturated heterocycles. The molecule has 0 aromatic heterocycles. The second-order valence-corrected chi connectivity index (χ2v) is 7.40. The van der Waals surface area contributed by atoms with E-state index < -0.39 is 0 Å². The van der Waals surface area contributed by atoms with Crippen LogP contribution in [0, 0.1) is 0 Å². The van der Waals surface area contributed by atoms with Crippen LogP contribution in [0.3, 0.4) is 0 Å². The first-order chi connectivity index (χ1) is 13.1. The highest BCUT2D eigenvalue weighted by Gasteiger charge is 2.08. The van der Waals surface area contributed by atoms with Crippen LogP contribution in [0.4, 0.5) is 0 Å². The van der Waals surface area contributed by atoms with E-state index in [1.807, 2.05) is 60.7 Å². The van der Waals surface area contributed by atoms with Gasteiger partial charge in [0.1, 0.15) is 12.4 Å². The summed E-state index contributed by atoms with van der Waals surface area (Å²) in [6.45, 7) is 0.446. The molecule has 0 aliphatic rings. The van der Waals surface area contributed by atoms with Crippen molar-refractivity contribution in [2.45, 2.75) is 6.61 Å². The van der Waals surface area contributed by atoms with Gasteiger partial charge < -0.3 is 4.74 Å². The minimum absolute atomic E-state index is 0.285. The van der Waals surface area contributed by atoms with Gasteiger partial charge in [0.15, 0.2) is 0 Å². The molecule has 3 aromatic carbocycles. The van der Waals surface area contributed by atoms with Crippen molar-refractivity contribution in [3.63, 3.8) is 0 Å². The van der Waals surface area contributed by atoms with Gasteiger partial charge in [-0.05, 0) is 57.9 Å². The van der Waals surface area contributed by atoms with Crippen molar-refractivity contribution in [3.8, 4) is 5.75 Å². The van der Waals surface area contributed by atoms with Gasteiger partial charge in [-0.3, -0.25) is 4.79 Å². The Morgan fingerprint density at radius 3 is 2.44 bits per heavy atom. The fourth-order valence-electron chi connectivity index (χ4n) is 2.33. The van der Waals surface area contributed by atoms with Crippen LogP contribution in [-0.4, -0.2) is 12.1 Å². The third kappa shape index (κ3) is 5.52. The Hall–Kier alpha value is -2.44. The average Bonchev–Trinajstić information content (AvgIpc) is 2.68. The molecular weight excluding hydrogens is 472 g/mol. The average molecular weight is 488 g/mol. The Morgan fingerprint density at radius 1 is 0.963 bits per heavy atom. The summed E-state index contributed by atoms with van der Waals surface area (Å²) in [5, 5.41) is 4.05. The number of halogens is 2. The number of rotatable bonds is 6. The van der Waals surface area contributed by atoms with Crippen LogP contribution in [0.2, 0.25) is 0 Å². The third-order valence-corrected chi connectivity index (χ3v) is 4.93. The van der Waals surface area contributed by atoms with Crippen LogP contribution in [0.15, 0.2) is 86.8 Å². The fourth-order valence-corrected chi connectivity index (χ4v) is 3.06. The first-order valence-electron chi connectivity index (χ1n) is 8.17. The first kappa shape index (κ1) is 19.3. The molecule has 0 unspecified atom stereocenters. The lowest BCUT2D eigenvalue weighted by Gasteiger charge is -2.09. The van der Waals surface area contributed by atoms with Gasteiger partial charge in [-0.1, -0.05) is 52.3 Å². The van der Waals surface area contributed by atoms with Gasteiger partial charge in [-0.15, -0.1) is 0 Å². The quantitative estimate of drug-likeness (QED) is 0.365. The summed E-state index contributed by atoms with van der Waals surface area (Å²) >= 11 is 6.78. The second-order valence-electron chi connectivity index (χ2n) is 5.63. The molecule has 1 amide bonds. The van der Waals surface area contributed by atoms with Crippen LogP contribution in [0.25, 0.3) is 0 Å². The summed E-state index contributed by atoms with van der Waals surface area (Å²) in [6.07, 6.45) is 1.58. The predicted molar refractivity (Wildman–Crippen MR) is 114 cm³/mol. The molecule has 0 bridgehead atoms. The summed E-state index contributed by atoms with van der Waals surface area (Å²) in [6, 6.07) is 22.7. The lowest BCUT2D eigenvalue weighted by Crippen LogP contribution is -2.18. The summed E-state index contributed by atoms with van der Waals surface area (Å²) in [4.78, 5) is 12.2. The number of hydrazone groups is 1. The molecule has 136 valence electrons. The summed E-state index contributed by atoms with van der Waals surface area (Å²) in [5.74, 6) is 0.409. The van der Waals surface area contributed by atoms with Crippen molar-refractivity contribution in [3.05, 3.63) is 98.4 Å². The Balaban J connectivity index is 1.65. The van der Waals surface area contributed by atoms with E-state index in [0.29, 0.717) is 17.9 Å². The van der Waals surface area contributed by atoms with E-state index in [1.165, 1.54) is 0 Å². The van der Waals surface area contributed by atoms with E-state index >= 15 is 0 Å². The molecule has 0 spiro atoms. The molecule has 3 rings (SSSR count). The molecular formula is C21H16Br2N2O2. The molecule has 0 aliphatic heterocycles. The maximum Gasteiger partial charge on any atom is 0.272 e. The molecule has 0 atom stereocenters. The van der Waals surface area contributed by atoms with Crippen molar-refractivity contribution in [2.24, 2.45) is 5.10 Å². The number of nitrogens with one attached hydrogen (secondary N) is 1. The van der Waals surface area contributed by atoms with Crippen LogP contribution >= 0.6 is 31.9 Å². The molecule has 0 heterocycles. The van der Waals surface area contributed by atoms with Gasteiger partial charge in [-0.25, -0.2) is 5.43 Å². The fraction of sp³-hybridized carbons (Fsp3) is 0.0476. The Labute approximate surface area is 174 Å². The van der Waals surface area contributed by atoms with Crippen molar-refractivity contribution >= 4 is 44.0 Å². The molecule has 1 N–H and O–H groups in total. The van der Waals surface area contributed by atoms with E-state index in [-0.39, 0.29) is 5.91 Å². The summed E-state index contributed by atoms with van der Waals surface area (Å²) in [7, 11) is 0. The van der Waals surface area contributed by atoms with Gasteiger partial charge in [0, 0.05) is 14.5 Å². The zero-order valence-corrected chi connectivity index (χ0v) is 17.4. The molecule has 0 aliphatic carbocycles. The molecule has 27 heavy (non-hydrogen) atoms. The van der Waals surface area contributed by atoms with E-state index in [4.69, 9.17) is 4.74 Å². The van der Waals surface area contributed by atoms with Crippen LogP contribution < -0.4 is 10.2 Å². The van der Waals surface area contributed by atoms with Gasteiger partial charge >= 0.3 is 0 Å². The Kier molecular flexibility index (Phi) is 6.79. The highest BCUT2D eigenvalue weighted by atomic mass is 79.9. The van der Waals surface area contributed by atoms with Crippen LogP contribution in [0.1, 0.15) is 21.5 Å². The highest BCUT2D eigenvalue weighted by molar-refractivity contribution is 9.10. The van der Waals surface area contributed by atoms with Crippen molar-refractivity contribution < 1.29 is 9.53 Å². The van der Waals surface area contributed by atoms with Gasteiger partial charge in [-0.2, -0.15) is 5.10 Å². The minimum Gasteiger partial charge on any atom is -0.488 e. The maximum absolute atomic E-state index is 12.2. The molecule has 0 saturated carbocycles. The number of carbonyl (C=O) groups is 1. The predicted octanol–water partition coefficient (Wildman–Crippen LogP) is 5.55. The largest absolute Gasteiger partial charge is 0.488 e. The minimum atomic E-state index is -0.285. The summed E-state index contributed by atoms with van der Waals surface area (Å²) < 4.78 is 7.64. The van der Waals surface area contributed by atoms with E-state index in [9.17, 15) is 4.79 Å². The number of hydrogen-bond acceptors (Lipinski definition) is 3. The monoisotopic (exact) mass is 486 g/mol. The maximum atomic E-state index is 12.2. The van der Waals surface area contributed by atoms with Gasteiger partial charge in [0.2, 0.25) is 0 Å². The molecule has 3 aromatic rings. The second kappa shape index (κ2) is 9.48. The summed E-state index contributed by atoms with van der Waals surface area (Å²) in [5.41, 5.74) is 4.90. The van der Waals surface area contributed by atoms with E-state index in [0.717, 1.165) is 20.1 Å². The van der Waals surface area contributed by atoms with E-state index in [2.05, 4.69) is 42.4 Å². The Bertz CT molecular complexity index is 956. The lowest BCUT2D eigenvalue weighted by atomic mass is 10.2. The third-order valence-electron chi connectivity index (χ3n) is 3.71. The van der Waals surface area contributed by atoms with E-state index in [1.54, 1.807) is 18.3 Å². The molecule has 4 nitrogen and oxygen atoms in total. The van der Waals surface area contributed by atoms with Crippen molar-refractivity contribution in [1.29, 1.82) is 0 Å². The number of hydrogen-bond donors (Lipinski definition) is 1. The first-order valence-corrected chi connectivity index (χ1v) is 9.76. The van der Waals surface area contributed by atoms with Crippen LogP contribution in [0.5, 0.6) is 5.75 Å². The topological polar surface area (TPSA) is 50.7 Å². The smallest absolute Gasteiger partial charge is 0.272 e. The number of amides is 1. The Morgan fingerprint density at radius 2 is 1.67 bits per heavy atom.